The summed E-state index contributed by atoms with van der Waals surface area (Å²) in [6.07, 6.45) is 1.44. The zero-order chi connectivity index (χ0) is 17.6. The lowest BCUT2D eigenvalue weighted by atomic mass is 10.3. The molecule has 0 aliphatic carbocycles. The van der Waals surface area contributed by atoms with Gasteiger partial charge in [-0.05, 0) is 29.6 Å². The van der Waals surface area contributed by atoms with E-state index in [-0.39, 0.29) is 5.75 Å². The minimum absolute atomic E-state index is 0.0230. The van der Waals surface area contributed by atoms with Crippen molar-refractivity contribution in [2.24, 2.45) is 0 Å². The maximum Gasteiger partial charge on any atom is 0.316 e. The molecule has 128 valence electrons. The van der Waals surface area contributed by atoms with Crippen molar-refractivity contribution < 1.29 is 18.7 Å². The average Bonchev–Trinajstić information content (AvgIpc) is 3.07. The number of ether oxygens (including phenoxy) is 1. The number of nitrogens with zero attached hydrogens (tertiary/aromatic N) is 2. The van der Waals surface area contributed by atoms with Crippen LogP contribution in [-0.4, -0.2) is 34.2 Å². The predicted molar refractivity (Wildman–Crippen MR) is 94.1 cm³/mol. The predicted octanol–water partition coefficient (Wildman–Crippen LogP) is 3.10. The van der Waals surface area contributed by atoms with Crippen LogP contribution in [0.25, 0.3) is 10.2 Å². The molecular formula is C16H12FN3O3S2. The van der Waals surface area contributed by atoms with E-state index in [4.69, 9.17) is 4.74 Å². The first-order valence-electron chi connectivity index (χ1n) is 7.14. The van der Waals surface area contributed by atoms with E-state index < -0.39 is 24.3 Å². The van der Waals surface area contributed by atoms with Gasteiger partial charge in [0.1, 0.15) is 22.0 Å². The number of fused-ring (bicyclic) bond motifs is 1. The van der Waals surface area contributed by atoms with Crippen molar-refractivity contribution in [2.75, 3.05) is 17.7 Å². The fourth-order valence-corrected chi connectivity index (χ4v) is 3.54. The highest BCUT2D eigenvalue weighted by atomic mass is 32.2. The van der Waals surface area contributed by atoms with Crippen LogP contribution in [0.15, 0.2) is 47.1 Å². The molecule has 2 heterocycles. The van der Waals surface area contributed by atoms with Gasteiger partial charge in [-0.1, -0.05) is 17.8 Å². The zero-order valence-electron chi connectivity index (χ0n) is 12.8. The molecule has 6 nitrogen and oxygen atoms in total. The first-order chi connectivity index (χ1) is 12.1. The Kier molecular flexibility index (Phi) is 5.56. The SMILES string of the molecule is O=C(COC(=O)CSc1ncnc2sccc12)Nc1cccc(F)c1. The van der Waals surface area contributed by atoms with E-state index in [1.165, 1.54) is 47.6 Å². The Morgan fingerprint density at radius 1 is 1.28 bits per heavy atom. The van der Waals surface area contributed by atoms with Gasteiger partial charge in [0.15, 0.2) is 6.61 Å². The van der Waals surface area contributed by atoms with Crippen LogP contribution in [0, 0.1) is 5.82 Å². The van der Waals surface area contributed by atoms with Crippen molar-refractivity contribution in [3.8, 4) is 0 Å². The van der Waals surface area contributed by atoms with Gasteiger partial charge >= 0.3 is 5.97 Å². The molecule has 0 fully saturated rings. The number of carbonyl (C=O) groups excluding carboxylic acids is 2. The van der Waals surface area contributed by atoms with Crippen LogP contribution < -0.4 is 5.32 Å². The standard InChI is InChI=1S/C16H12FN3O3S2/c17-10-2-1-3-11(6-10)20-13(21)7-23-14(22)8-25-16-12-4-5-24-15(12)18-9-19-16/h1-6,9H,7-8H2,(H,20,21). The van der Waals surface area contributed by atoms with Crippen molar-refractivity contribution in [2.45, 2.75) is 5.03 Å². The molecular weight excluding hydrogens is 365 g/mol. The van der Waals surface area contributed by atoms with Gasteiger partial charge in [0.05, 0.1) is 5.75 Å². The molecule has 0 aliphatic heterocycles. The molecule has 9 heteroatoms. The summed E-state index contributed by atoms with van der Waals surface area (Å²) in [6, 6.07) is 7.35. The highest BCUT2D eigenvalue weighted by molar-refractivity contribution is 8.00. The van der Waals surface area contributed by atoms with E-state index >= 15 is 0 Å². The lowest BCUT2D eigenvalue weighted by Gasteiger charge is -2.06. The Labute approximate surface area is 150 Å². The summed E-state index contributed by atoms with van der Waals surface area (Å²) >= 11 is 2.71. The second-order valence-electron chi connectivity index (χ2n) is 4.83. The summed E-state index contributed by atoms with van der Waals surface area (Å²) in [5.41, 5.74) is 0.302. The zero-order valence-corrected chi connectivity index (χ0v) is 14.4. The van der Waals surface area contributed by atoms with Crippen LogP contribution in [0.2, 0.25) is 0 Å². The summed E-state index contributed by atoms with van der Waals surface area (Å²) in [7, 11) is 0. The number of benzene rings is 1. The van der Waals surface area contributed by atoms with Gasteiger partial charge in [-0.15, -0.1) is 11.3 Å². The van der Waals surface area contributed by atoms with Gasteiger partial charge in [0, 0.05) is 11.1 Å². The van der Waals surface area contributed by atoms with E-state index in [0.29, 0.717) is 10.7 Å². The molecule has 0 atom stereocenters. The quantitative estimate of drug-likeness (QED) is 0.404. The fourth-order valence-electron chi connectivity index (χ4n) is 1.96. The van der Waals surface area contributed by atoms with E-state index in [1.807, 2.05) is 11.4 Å². The third kappa shape index (κ3) is 4.74. The second-order valence-corrected chi connectivity index (χ2v) is 6.68. The number of hydrogen-bond donors (Lipinski definition) is 1. The van der Waals surface area contributed by atoms with Crippen LogP contribution in [0.1, 0.15) is 0 Å². The molecule has 0 saturated carbocycles. The molecule has 2 aromatic heterocycles. The normalized spacial score (nSPS) is 10.6. The number of halogens is 1. The molecule has 1 aromatic carbocycles. The van der Waals surface area contributed by atoms with Crippen LogP contribution >= 0.6 is 23.1 Å². The molecule has 3 rings (SSSR count). The second kappa shape index (κ2) is 8.04. The number of aromatic nitrogens is 2. The Morgan fingerprint density at radius 3 is 3.00 bits per heavy atom. The number of hydrogen-bond acceptors (Lipinski definition) is 7. The number of amides is 1. The molecule has 0 spiro atoms. The maximum atomic E-state index is 13.0. The van der Waals surface area contributed by atoms with Crippen LogP contribution in [0.3, 0.4) is 0 Å². The third-order valence-electron chi connectivity index (χ3n) is 3.02. The Morgan fingerprint density at radius 2 is 2.16 bits per heavy atom. The first kappa shape index (κ1) is 17.3. The molecule has 0 saturated heterocycles. The fraction of sp³-hybridized carbons (Fsp3) is 0.125. The first-order valence-corrected chi connectivity index (χ1v) is 9.00. The number of carbonyl (C=O) groups is 2. The smallest absolute Gasteiger partial charge is 0.316 e. The van der Waals surface area contributed by atoms with Crippen LogP contribution in [0.5, 0.6) is 0 Å². The van der Waals surface area contributed by atoms with Gasteiger partial charge in [-0.3, -0.25) is 9.59 Å². The molecule has 3 aromatic rings. The van der Waals surface area contributed by atoms with E-state index in [1.54, 1.807) is 6.07 Å². The molecule has 0 radical (unpaired) electrons. The summed E-state index contributed by atoms with van der Waals surface area (Å²) < 4.78 is 17.9. The summed E-state index contributed by atoms with van der Waals surface area (Å²) in [5, 5.41) is 5.92. The number of nitrogens with one attached hydrogen (secondary N) is 1. The van der Waals surface area contributed by atoms with Gasteiger partial charge in [-0.25, -0.2) is 14.4 Å². The summed E-state index contributed by atoms with van der Waals surface area (Å²) in [5.74, 6) is -1.52. The molecule has 0 unspecified atom stereocenters. The number of thioether (sulfide) groups is 1. The van der Waals surface area contributed by atoms with Gasteiger partial charge < -0.3 is 10.1 Å². The molecule has 0 bridgehead atoms. The molecule has 0 aliphatic rings. The number of esters is 1. The summed E-state index contributed by atoms with van der Waals surface area (Å²) in [6.45, 7) is -0.437. The van der Waals surface area contributed by atoms with Crippen molar-refractivity contribution in [1.29, 1.82) is 0 Å². The minimum Gasteiger partial charge on any atom is -0.455 e. The van der Waals surface area contributed by atoms with E-state index in [2.05, 4.69) is 15.3 Å². The van der Waals surface area contributed by atoms with Gasteiger partial charge in [-0.2, -0.15) is 0 Å². The molecule has 1 N–H and O–H groups in total. The number of thiophene rings is 1. The Hall–Kier alpha value is -2.52. The largest absolute Gasteiger partial charge is 0.455 e. The number of anilines is 1. The number of rotatable bonds is 6. The van der Waals surface area contributed by atoms with Gasteiger partial charge in [0.25, 0.3) is 5.91 Å². The summed E-state index contributed by atoms with van der Waals surface area (Å²) in [4.78, 5) is 32.6. The lowest BCUT2D eigenvalue weighted by molar-refractivity contribution is -0.144. The van der Waals surface area contributed by atoms with Crippen molar-refractivity contribution in [3.63, 3.8) is 0 Å². The van der Waals surface area contributed by atoms with Crippen LogP contribution in [-0.2, 0) is 14.3 Å². The minimum atomic E-state index is -0.540. The average molecular weight is 377 g/mol. The monoisotopic (exact) mass is 377 g/mol. The molecule has 1 amide bonds. The van der Waals surface area contributed by atoms with Gasteiger partial charge in [0.2, 0.25) is 0 Å². The lowest BCUT2D eigenvalue weighted by Crippen LogP contribution is -2.21. The highest BCUT2D eigenvalue weighted by Gasteiger charge is 2.11. The highest BCUT2D eigenvalue weighted by Crippen LogP contribution is 2.27. The van der Waals surface area contributed by atoms with Crippen molar-refractivity contribution in [3.05, 3.63) is 47.9 Å². The Bertz CT molecular complexity index is 916. The molecule has 25 heavy (non-hydrogen) atoms. The third-order valence-corrected chi connectivity index (χ3v) is 4.82. The van der Waals surface area contributed by atoms with Crippen LogP contribution in [0.4, 0.5) is 10.1 Å². The van der Waals surface area contributed by atoms with Crippen molar-refractivity contribution >= 4 is 50.9 Å². The van der Waals surface area contributed by atoms with E-state index in [9.17, 15) is 14.0 Å². The maximum absolute atomic E-state index is 13.0. The van der Waals surface area contributed by atoms with Crippen molar-refractivity contribution in [1.82, 2.24) is 9.97 Å². The van der Waals surface area contributed by atoms with E-state index in [0.717, 1.165) is 10.2 Å². The topological polar surface area (TPSA) is 81.2 Å². The Balaban J connectivity index is 1.46.